The first-order valence-electron chi connectivity index (χ1n) is 5.67. The number of benzene rings is 1. The Morgan fingerprint density at radius 3 is 2.80 bits per heavy atom. The Morgan fingerprint density at radius 2 is 2.15 bits per heavy atom. The molecule has 7 nitrogen and oxygen atoms in total. The molecule has 0 radical (unpaired) electrons. The number of aromatic nitrogens is 2. The molecule has 0 amide bonds. The van der Waals surface area contributed by atoms with Crippen molar-refractivity contribution in [1.82, 2.24) is 9.97 Å². The average Bonchev–Trinajstić information content (AvgIpc) is 2.45. The first kappa shape index (κ1) is 14.0. The molecule has 0 unspecified atom stereocenters. The summed E-state index contributed by atoms with van der Waals surface area (Å²) in [5.41, 5.74) is 0.412. The van der Waals surface area contributed by atoms with Gasteiger partial charge in [0.05, 0.1) is 4.92 Å². The van der Waals surface area contributed by atoms with Gasteiger partial charge in [0, 0.05) is 17.6 Å². The molecule has 0 fully saturated rings. The highest BCUT2D eigenvalue weighted by atomic mass is 35.5. The number of nitro groups is 1. The molecule has 0 atom stereocenters. The highest BCUT2D eigenvalue weighted by Crippen LogP contribution is 2.31. The Kier molecular flexibility index (Phi) is 4.31. The molecule has 0 aliphatic heterocycles. The maximum absolute atomic E-state index is 11.1. The maximum Gasteiger partial charge on any atom is 0.372 e. The number of nitrogens with zero attached hydrogens (tertiary/aromatic N) is 3. The van der Waals surface area contributed by atoms with E-state index in [4.69, 9.17) is 16.3 Å². The summed E-state index contributed by atoms with van der Waals surface area (Å²) in [5.74, 6) is -0.00608. The lowest BCUT2D eigenvalue weighted by Crippen LogP contribution is -2.05. The predicted molar refractivity (Wildman–Crippen MR) is 74.0 cm³/mol. The SMILES string of the molecule is CNc1ncnc(OCc2ccccc2Cl)c1[N+](=O)[O-]. The van der Waals surface area contributed by atoms with Gasteiger partial charge in [-0.05, 0) is 6.07 Å². The van der Waals surface area contributed by atoms with E-state index in [1.165, 1.54) is 13.4 Å². The van der Waals surface area contributed by atoms with Crippen LogP contribution in [-0.2, 0) is 6.61 Å². The summed E-state index contributed by atoms with van der Waals surface area (Å²) in [6.45, 7) is 0.0840. The molecule has 0 spiro atoms. The van der Waals surface area contributed by atoms with Gasteiger partial charge < -0.3 is 10.1 Å². The van der Waals surface area contributed by atoms with E-state index in [0.29, 0.717) is 10.6 Å². The minimum Gasteiger partial charge on any atom is -0.468 e. The Morgan fingerprint density at radius 1 is 1.40 bits per heavy atom. The fraction of sp³-hybridized carbons (Fsp3) is 0.167. The number of hydrogen-bond donors (Lipinski definition) is 1. The van der Waals surface area contributed by atoms with E-state index in [0.717, 1.165) is 0 Å². The molecule has 0 aliphatic rings. The second kappa shape index (κ2) is 6.16. The molecule has 0 saturated heterocycles. The second-order valence-corrected chi connectivity index (χ2v) is 4.17. The molecule has 0 saturated carbocycles. The Balaban J connectivity index is 2.26. The monoisotopic (exact) mass is 294 g/mol. The number of anilines is 1. The molecule has 1 aromatic carbocycles. The molecule has 20 heavy (non-hydrogen) atoms. The summed E-state index contributed by atoms with van der Waals surface area (Å²) in [5, 5.41) is 14.2. The zero-order chi connectivity index (χ0) is 14.5. The largest absolute Gasteiger partial charge is 0.468 e. The van der Waals surface area contributed by atoms with E-state index in [9.17, 15) is 10.1 Å². The average molecular weight is 295 g/mol. The fourth-order valence-corrected chi connectivity index (χ4v) is 1.77. The first-order chi connectivity index (χ1) is 9.63. The normalized spacial score (nSPS) is 10.1. The quantitative estimate of drug-likeness (QED) is 0.673. The Hall–Kier alpha value is -2.41. The van der Waals surface area contributed by atoms with Gasteiger partial charge in [0.2, 0.25) is 5.82 Å². The molecule has 0 bridgehead atoms. The molecule has 1 heterocycles. The molecule has 2 rings (SSSR count). The van der Waals surface area contributed by atoms with Gasteiger partial charge in [-0.25, -0.2) is 4.98 Å². The van der Waals surface area contributed by atoms with Crippen molar-refractivity contribution in [2.24, 2.45) is 0 Å². The standard InChI is InChI=1S/C12H11ClN4O3/c1-14-11-10(17(18)19)12(16-7-15-11)20-6-8-4-2-3-5-9(8)13/h2-5,7H,6H2,1H3,(H,14,15,16). The molecule has 1 aromatic heterocycles. The summed E-state index contributed by atoms with van der Waals surface area (Å²) >= 11 is 5.99. The van der Waals surface area contributed by atoms with Crippen LogP contribution in [0.1, 0.15) is 5.56 Å². The van der Waals surface area contributed by atoms with E-state index in [-0.39, 0.29) is 24.0 Å². The van der Waals surface area contributed by atoms with Crippen LogP contribution in [0.15, 0.2) is 30.6 Å². The van der Waals surface area contributed by atoms with Crippen LogP contribution in [0, 0.1) is 10.1 Å². The summed E-state index contributed by atoms with van der Waals surface area (Å²) in [6.07, 6.45) is 1.20. The molecule has 0 aliphatic carbocycles. The summed E-state index contributed by atoms with van der Waals surface area (Å²) in [6, 6.07) is 7.08. The van der Waals surface area contributed by atoms with Crippen molar-refractivity contribution < 1.29 is 9.66 Å². The van der Waals surface area contributed by atoms with Crippen LogP contribution >= 0.6 is 11.6 Å². The van der Waals surface area contributed by atoms with E-state index in [1.807, 2.05) is 0 Å². The van der Waals surface area contributed by atoms with Crippen molar-refractivity contribution in [1.29, 1.82) is 0 Å². The van der Waals surface area contributed by atoms with Gasteiger partial charge in [-0.15, -0.1) is 0 Å². The van der Waals surface area contributed by atoms with Crippen molar-refractivity contribution in [3.8, 4) is 5.88 Å². The topological polar surface area (TPSA) is 90.2 Å². The van der Waals surface area contributed by atoms with Crippen LogP contribution in [0.4, 0.5) is 11.5 Å². The number of nitrogens with one attached hydrogen (secondary N) is 1. The van der Waals surface area contributed by atoms with Crippen molar-refractivity contribution in [3.63, 3.8) is 0 Å². The molecular weight excluding hydrogens is 284 g/mol. The van der Waals surface area contributed by atoms with E-state index >= 15 is 0 Å². The number of halogens is 1. The molecule has 1 N–H and O–H groups in total. The van der Waals surface area contributed by atoms with Gasteiger partial charge in [0.25, 0.3) is 5.88 Å². The number of hydrogen-bond acceptors (Lipinski definition) is 6. The highest BCUT2D eigenvalue weighted by Gasteiger charge is 2.23. The van der Waals surface area contributed by atoms with E-state index in [1.54, 1.807) is 24.3 Å². The van der Waals surface area contributed by atoms with Crippen LogP contribution in [0.3, 0.4) is 0 Å². The molecule has 104 valence electrons. The first-order valence-corrected chi connectivity index (χ1v) is 6.04. The number of rotatable bonds is 5. The Bertz CT molecular complexity index is 636. The molecular formula is C12H11ClN4O3. The lowest BCUT2D eigenvalue weighted by Gasteiger charge is -2.08. The molecule has 8 heteroatoms. The van der Waals surface area contributed by atoms with Crippen LogP contribution < -0.4 is 10.1 Å². The lowest BCUT2D eigenvalue weighted by molar-refractivity contribution is -0.385. The zero-order valence-corrected chi connectivity index (χ0v) is 11.3. The summed E-state index contributed by atoms with van der Waals surface area (Å²) in [4.78, 5) is 18.0. The third-order valence-corrected chi connectivity index (χ3v) is 2.90. The van der Waals surface area contributed by atoms with Crippen molar-refractivity contribution in [2.75, 3.05) is 12.4 Å². The molecule has 2 aromatic rings. The van der Waals surface area contributed by atoms with Crippen LogP contribution in [-0.4, -0.2) is 21.9 Å². The second-order valence-electron chi connectivity index (χ2n) is 3.76. The predicted octanol–water partition coefficient (Wildman–Crippen LogP) is 2.66. The minimum atomic E-state index is -0.590. The van der Waals surface area contributed by atoms with Gasteiger partial charge >= 0.3 is 5.69 Å². The highest BCUT2D eigenvalue weighted by molar-refractivity contribution is 6.31. The van der Waals surface area contributed by atoms with Crippen molar-refractivity contribution >= 4 is 23.1 Å². The van der Waals surface area contributed by atoms with E-state index in [2.05, 4.69) is 15.3 Å². The smallest absolute Gasteiger partial charge is 0.372 e. The van der Waals surface area contributed by atoms with Gasteiger partial charge in [-0.1, -0.05) is 29.8 Å². The van der Waals surface area contributed by atoms with Gasteiger partial charge in [-0.3, -0.25) is 10.1 Å². The maximum atomic E-state index is 11.1. The Labute approximate surface area is 119 Å². The zero-order valence-electron chi connectivity index (χ0n) is 10.5. The summed E-state index contributed by atoms with van der Waals surface area (Å²) in [7, 11) is 1.53. The van der Waals surface area contributed by atoms with Crippen molar-refractivity contribution in [3.05, 3.63) is 51.3 Å². The third-order valence-electron chi connectivity index (χ3n) is 2.53. The third kappa shape index (κ3) is 2.94. The summed E-state index contributed by atoms with van der Waals surface area (Å²) < 4.78 is 5.39. The minimum absolute atomic E-state index is 0.0840. The fourth-order valence-electron chi connectivity index (χ4n) is 1.58. The number of ether oxygens (including phenoxy) is 1. The lowest BCUT2D eigenvalue weighted by atomic mass is 10.2. The van der Waals surface area contributed by atoms with Crippen LogP contribution in [0.25, 0.3) is 0 Å². The van der Waals surface area contributed by atoms with Crippen molar-refractivity contribution in [2.45, 2.75) is 6.61 Å². The van der Waals surface area contributed by atoms with Gasteiger partial charge in [0.1, 0.15) is 12.9 Å². The van der Waals surface area contributed by atoms with Gasteiger partial charge in [-0.2, -0.15) is 4.98 Å². The van der Waals surface area contributed by atoms with Crippen LogP contribution in [0.2, 0.25) is 5.02 Å². The van der Waals surface area contributed by atoms with E-state index < -0.39 is 4.92 Å². The van der Waals surface area contributed by atoms with Crippen LogP contribution in [0.5, 0.6) is 5.88 Å². The van der Waals surface area contributed by atoms with Gasteiger partial charge in [0.15, 0.2) is 0 Å².